The molecule has 0 saturated heterocycles. The lowest BCUT2D eigenvalue weighted by Gasteiger charge is -2.10. The number of benzene rings is 1. The molecule has 0 unspecified atom stereocenters. The van der Waals surface area contributed by atoms with Crippen molar-refractivity contribution < 1.29 is 29.3 Å². The van der Waals surface area contributed by atoms with Crippen molar-refractivity contribution in [2.45, 2.75) is 50.7 Å². The fourth-order valence-corrected chi connectivity index (χ4v) is 1.87. The second-order valence-electron chi connectivity index (χ2n) is 6.24. The summed E-state index contributed by atoms with van der Waals surface area (Å²) in [6.07, 6.45) is 2.26. The molecule has 0 aromatic heterocycles. The minimum atomic E-state index is -1.02. The second-order valence-corrected chi connectivity index (χ2v) is 6.24. The van der Waals surface area contributed by atoms with E-state index in [9.17, 15) is 14.4 Å². The Balaban J connectivity index is 0.000000525. The highest BCUT2D eigenvalue weighted by molar-refractivity contribution is 5.90. The predicted molar refractivity (Wildman–Crippen MR) is 103 cm³/mol. The van der Waals surface area contributed by atoms with Crippen molar-refractivity contribution in [1.29, 1.82) is 0 Å². The Morgan fingerprint density at radius 3 is 2.04 bits per heavy atom. The summed E-state index contributed by atoms with van der Waals surface area (Å²) in [4.78, 5) is 32.5. The third-order valence-corrected chi connectivity index (χ3v) is 3.55. The molecule has 0 radical (unpaired) electrons. The molecule has 0 saturated carbocycles. The average Bonchev–Trinajstić information content (AvgIpc) is 2.63. The number of unbranched alkanes of at least 4 members (excludes halogenated alkanes) is 1. The van der Waals surface area contributed by atoms with Crippen LogP contribution in [0.2, 0.25) is 0 Å². The van der Waals surface area contributed by atoms with E-state index in [0.29, 0.717) is 13.0 Å². The monoisotopic (exact) mass is 398 g/mol. The lowest BCUT2D eigenvalue weighted by molar-refractivity contribution is -0.161. The zero-order valence-electron chi connectivity index (χ0n) is 15.9. The van der Waals surface area contributed by atoms with Crippen molar-refractivity contribution in [3.8, 4) is 5.75 Å². The Labute approximate surface area is 163 Å². The van der Waals surface area contributed by atoms with E-state index in [2.05, 4.69) is 4.74 Å². The normalized spacial score (nSPS) is 13.5. The summed E-state index contributed by atoms with van der Waals surface area (Å²) >= 11 is 0. The van der Waals surface area contributed by atoms with Crippen molar-refractivity contribution in [2.75, 3.05) is 6.54 Å². The number of ether oxygens (including phenoxy) is 1. The summed E-state index contributed by atoms with van der Waals surface area (Å²) < 4.78 is 4.45. The highest BCUT2D eigenvalue weighted by Crippen LogP contribution is 2.10. The van der Waals surface area contributed by atoms with Gasteiger partial charge in [-0.05, 0) is 50.4 Å². The van der Waals surface area contributed by atoms with Gasteiger partial charge in [-0.1, -0.05) is 18.6 Å². The first-order valence-electron chi connectivity index (χ1n) is 8.81. The lowest BCUT2D eigenvalue weighted by atomic mass is 10.1. The number of aromatic hydroxyl groups is 1. The number of phenols is 1. The smallest absolute Gasteiger partial charge is 0.330 e. The van der Waals surface area contributed by atoms with Crippen molar-refractivity contribution in [2.24, 2.45) is 22.9 Å². The zero-order chi connectivity index (χ0) is 21.7. The fraction of sp³-hybridized carbons (Fsp3) is 0.500. The maximum absolute atomic E-state index is 11.2. The SMILES string of the molecule is C[C@H](N)C(=O)OC(=O)[C@@H](N)CCCCN.N[C@@H](Cc1ccc(O)cc1)C(=O)O. The highest BCUT2D eigenvalue weighted by Gasteiger charge is 2.20. The molecule has 0 bridgehead atoms. The van der Waals surface area contributed by atoms with Crippen LogP contribution in [0.5, 0.6) is 5.75 Å². The topological polar surface area (TPSA) is 205 Å². The summed E-state index contributed by atoms with van der Waals surface area (Å²) in [7, 11) is 0. The number of carboxylic acid groups (broad SMARTS) is 1. The van der Waals surface area contributed by atoms with Crippen LogP contribution in [0, 0.1) is 0 Å². The maximum Gasteiger partial charge on any atom is 0.330 e. The lowest BCUT2D eigenvalue weighted by Crippen LogP contribution is -2.38. The summed E-state index contributed by atoms with van der Waals surface area (Å²) in [5.74, 6) is -2.34. The van der Waals surface area contributed by atoms with Gasteiger partial charge in [0.15, 0.2) is 0 Å². The molecule has 10 heteroatoms. The third kappa shape index (κ3) is 11.2. The van der Waals surface area contributed by atoms with Gasteiger partial charge in [-0.3, -0.25) is 4.79 Å². The van der Waals surface area contributed by atoms with Crippen LogP contribution in [-0.4, -0.2) is 52.8 Å². The molecule has 158 valence electrons. The Morgan fingerprint density at radius 1 is 1.00 bits per heavy atom. The molecule has 0 heterocycles. The van der Waals surface area contributed by atoms with Crippen molar-refractivity contribution in [3.05, 3.63) is 29.8 Å². The minimum absolute atomic E-state index is 0.160. The summed E-state index contributed by atoms with van der Waals surface area (Å²) in [6.45, 7) is 2.00. The first kappa shape index (κ1) is 25.5. The molecule has 0 aliphatic heterocycles. The highest BCUT2D eigenvalue weighted by atomic mass is 16.6. The maximum atomic E-state index is 11.2. The van der Waals surface area contributed by atoms with E-state index in [4.69, 9.17) is 33.1 Å². The quantitative estimate of drug-likeness (QED) is 0.173. The van der Waals surface area contributed by atoms with Crippen LogP contribution in [0.25, 0.3) is 0 Å². The number of aliphatic carboxylic acids is 1. The molecule has 28 heavy (non-hydrogen) atoms. The predicted octanol–water partition coefficient (Wildman–Crippen LogP) is -0.794. The molecule has 10 nitrogen and oxygen atoms in total. The molecule has 1 aromatic rings. The number of rotatable bonds is 9. The van der Waals surface area contributed by atoms with Crippen molar-refractivity contribution >= 4 is 17.9 Å². The van der Waals surface area contributed by atoms with Gasteiger partial charge in [0, 0.05) is 0 Å². The van der Waals surface area contributed by atoms with E-state index in [0.717, 1.165) is 18.4 Å². The molecule has 0 aliphatic rings. The van der Waals surface area contributed by atoms with Crippen LogP contribution in [0.15, 0.2) is 24.3 Å². The summed E-state index contributed by atoms with van der Waals surface area (Å²) in [6, 6.07) is 3.83. The number of hydrogen-bond donors (Lipinski definition) is 6. The van der Waals surface area contributed by atoms with Gasteiger partial charge in [0.1, 0.15) is 23.9 Å². The van der Waals surface area contributed by atoms with Crippen LogP contribution in [0.4, 0.5) is 0 Å². The van der Waals surface area contributed by atoms with Gasteiger partial charge in [0.25, 0.3) is 0 Å². The van der Waals surface area contributed by atoms with Crippen LogP contribution in [0.1, 0.15) is 31.7 Å². The second kappa shape index (κ2) is 13.6. The molecule has 0 fully saturated rings. The van der Waals surface area contributed by atoms with Crippen LogP contribution < -0.4 is 22.9 Å². The summed E-state index contributed by atoms with van der Waals surface area (Å²) in [5.41, 5.74) is 22.1. The molecule has 3 atom stereocenters. The molecular formula is C18H30N4O6. The van der Waals surface area contributed by atoms with Gasteiger partial charge in [-0.2, -0.15) is 0 Å². The van der Waals surface area contributed by atoms with Crippen LogP contribution >= 0.6 is 0 Å². The van der Waals surface area contributed by atoms with Crippen LogP contribution in [-0.2, 0) is 25.5 Å². The zero-order valence-corrected chi connectivity index (χ0v) is 15.9. The first-order valence-corrected chi connectivity index (χ1v) is 8.81. The Hall–Kier alpha value is -2.53. The summed E-state index contributed by atoms with van der Waals surface area (Å²) in [5, 5.41) is 17.5. The third-order valence-electron chi connectivity index (χ3n) is 3.55. The number of phenolic OH excluding ortho intramolecular Hbond substituents is 1. The van der Waals surface area contributed by atoms with E-state index >= 15 is 0 Å². The molecule has 10 N–H and O–H groups in total. The Morgan fingerprint density at radius 2 is 1.57 bits per heavy atom. The van der Waals surface area contributed by atoms with Gasteiger partial charge < -0.3 is 37.9 Å². The molecule has 0 spiro atoms. The van der Waals surface area contributed by atoms with Crippen molar-refractivity contribution in [3.63, 3.8) is 0 Å². The van der Waals surface area contributed by atoms with E-state index in [1.54, 1.807) is 12.1 Å². The van der Waals surface area contributed by atoms with E-state index in [-0.39, 0.29) is 12.2 Å². The Bertz CT molecular complexity index is 621. The number of hydrogen-bond acceptors (Lipinski definition) is 9. The largest absolute Gasteiger partial charge is 0.508 e. The van der Waals surface area contributed by atoms with Crippen molar-refractivity contribution in [1.82, 2.24) is 0 Å². The van der Waals surface area contributed by atoms with E-state index < -0.39 is 36.0 Å². The van der Waals surface area contributed by atoms with E-state index in [1.165, 1.54) is 19.1 Å². The number of nitrogens with two attached hydrogens (primary N) is 4. The van der Waals surface area contributed by atoms with Gasteiger partial charge >= 0.3 is 17.9 Å². The number of carbonyl (C=O) groups excluding carboxylic acids is 2. The number of carboxylic acids is 1. The molecular weight excluding hydrogens is 368 g/mol. The van der Waals surface area contributed by atoms with Crippen LogP contribution in [0.3, 0.4) is 0 Å². The molecule has 0 amide bonds. The molecule has 1 aromatic carbocycles. The van der Waals surface area contributed by atoms with Gasteiger partial charge in [-0.25, -0.2) is 9.59 Å². The molecule has 1 rings (SSSR count). The van der Waals surface area contributed by atoms with E-state index in [1.807, 2.05) is 0 Å². The standard InChI is InChI=1S/C9H19N3O3.C9H11NO3/c1-6(11)8(13)15-9(14)7(12)4-2-3-5-10;10-8(9(12)13)5-6-1-3-7(11)4-2-6/h6-7H,2-5,10-12H2,1H3;1-4,8,11H,5,10H2,(H,12,13)/t6-,7-;8-/m00/s1. The minimum Gasteiger partial charge on any atom is -0.508 e. The fourth-order valence-electron chi connectivity index (χ4n) is 1.87. The first-order chi connectivity index (χ1) is 13.1. The number of carbonyl (C=O) groups is 3. The van der Waals surface area contributed by atoms with Gasteiger partial charge in [-0.15, -0.1) is 0 Å². The average molecular weight is 398 g/mol. The Kier molecular flexibility index (Phi) is 12.4. The van der Waals surface area contributed by atoms with Gasteiger partial charge in [0.2, 0.25) is 0 Å². The number of esters is 2. The van der Waals surface area contributed by atoms with Gasteiger partial charge in [0.05, 0.1) is 0 Å². The molecule has 0 aliphatic carbocycles.